The summed E-state index contributed by atoms with van der Waals surface area (Å²) >= 11 is 7.61. The third-order valence-corrected chi connectivity index (χ3v) is 5.49. The highest BCUT2D eigenvalue weighted by Gasteiger charge is 2.24. The summed E-state index contributed by atoms with van der Waals surface area (Å²) in [6, 6.07) is 10.9. The van der Waals surface area contributed by atoms with Crippen molar-refractivity contribution in [3.8, 4) is 11.5 Å². The number of hydrogen-bond donors (Lipinski definition) is 1. The number of ether oxygens (including phenoxy) is 3. The number of nitrogens with one attached hydrogen (secondary N) is 1. The minimum absolute atomic E-state index is 0.226. The number of anilines is 1. The zero-order chi connectivity index (χ0) is 21.0. The highest BCUT2D eigenvalue weighted by molar-refractivity contribution is 7.24. The largest absolute Gasteiger partial charge is 0.497 e. The normalized spacial score (nSPS) is 10.6. The molecule has 0 fully saturated rings. The number of fused-ring (bicyclic) bond motifs is 1. The van der Waals surface area contributed by atoms with E-state index in [-0.39, 0.29) is 19.1 Å². The summed E-state index contributed by atoms with van der Waals surface area (Å²) in [4.78, 5) is 24.1. The van der Waals surface area contributed by atoms with E-state index in [1.807, 2.05) is 24.3 Å². The van der Waals surface area contributed by atoms with Crippen LogP contribution in [0.25, 0.3) is 10.1 Å². The molecule has 0 aliphatic carbocycles. The van der Waals surface area contributed by atoms with Crippen LogP contribution in [0, 0.1) is 0 Å². The molecule has 0 unspecified atom stereocenters. The van der Waals surface area contributed by atoms with Gasteiger partial charge in [-0.05, 0) is 30.7 Å². The molecule has 2 aromatic carbocycles. The first-order valence-electron chi connectivity index (χ1n) is 8.90. The summed E-state index contributed by atoms with van der Waals surface area (Å²) in [6.07, 6.45) is 0. The molecule has 1 amide bonds. The Labute approximate surface area is 177 Å². The SMILES string of the molecule is CCOC(=O)c1c(NC(C)=O)sc2c(OCc3ccc(OC)cc3)c(Cl)ccc12. The predicted octanol–water partition coefficient (Wildman–Crippen LogP) is 5.28. The third kappa shape index (κ3) is 4.63. The van der Waals surface area contributed by atoms with E-state index in [0.29, 0.717) is 31.4 Å². The zero-order valence-electron chi connectivity index (χ0n) is 16.2. The summed E-state index contributed by atoms with van der Waals surface area (Å²) in [5, 5.41) is 4.14. The van der Waals surface area contributed by atoms with E-state index < -0.39 is 5.97 Å². The van der Waals surface area contributed by atoms with Crippen molar-refractivity contribution in [3.63, 3.8) is 0 Å². The van der Waals surface area contributed by atoms with Gasteiger partial charge < -0.3 is 19.5 Å². The van der Waals surface area contributed by atoms with Crippen molar-refractivity contribution in [2.45, 2.75) is 20.5 Å². The van der Waals surface area contributed by atoms with E-state index in [1.54, 1.807) is 26.2 Å². The molecule has 1 aromatic heterocycles. The number of halogens is 1. The molecule has 1 heterocycles. The number of carbonyl (C=O) groups excluding carboxylic acids is 2. The van der Waals surface area contributed by atoms with E-state index in [4.69, 9.17) is 25.8 Å². The van der Waals surface area contributed by atoms with E-state index in [0.717, 1.165) is 11.3 Å². The number of hydrogen-bond acceptors (Lipinski definition) is 6. The predicted molar refractivity (Wildman–Crippen MR) is 114 cm³/mol. The molecule has 152 valence electrons. The smallest absolute Gasteiger partial charge is 0.341 e. The van der Waals surface area contributed by atoms with Crippen LogP contribution in [0.2, 0.25) is 5.02 Å². The van der Waals surface area contributed by atoms with Gasteiger partial charge in [0.1, 0.15) is 22.9 Å². The van der Waals surface area contributed by atoms with E-state index >= 15 is 0 Å². The fourth-order valence-corrected chi connectivity index (χ4v) is 4.28. The molecule has 0 bridgehead atoms. The minimum atomic E-state index is -0.508. The van der Waals surface area contributed by atoms with Crippen LogP contribution >= 0.6 is 22.9 Å². The summed E-state index contributed by atoms with van der Waals surface area (Å²) < 4.78 is 17.0. The Bertz CT molecular complexity index is 1050. The molecule has 0 saturated carbocycles. The second kappa shape index (κ2) is 9.15. The van der Waals surface area contributed by atoms with Crippen molar-refractivity contribution in [3.05, 3.63) is 52.5 Å². The summed E-state index contributed by atoms with van der Waals surface area (Å²) in [6.45, 7) is 3.62. The fourth-order valence-electron chi connectivity index (χ4n) is 2.78. The molecule has 8 heteroatoms. The van der Waals surface area contributed by atoms with Gasteiger partial charge in [0, 0.05) is 12.3 Å². The van der Waals surface area contributed by atoms with Crippen LogP contribution in [-0.2, 0) is 16.1 Å². The molecule has 0 atom stereocenters. The Kier molecular flexibility index (Phi) is 6.61. The molecule has 0 saturated heterocycles. The van der Waals surface area contributed by atoms with Gasteiger partial charge in [-0.1, -0.05) is 29.8 Å². The van der Waals surface area contributed by atoms with Crippen LogP contribution in [0.5, 0.6) is 11.5 Å². The molecule has 0 spiro atoms. The lowest BCUT2D eigenvalue weighted by Crippen LogP contribution is -2.10. The Morgan fingerprint density at radius 1 is 1.14 bits per heavy atom. The Balaban J connectivity index is 2.00. The third-order valence-electron chi connectivity index (χ3n) is 4.08. The first kappa shape index (κ1) is 21.0. The lowest BCUT2D eigenvalue weighted by molar-refractivity contribution is -0.114. The van der Waals surface area contributed by atoms with Crippen molar-refractivity contribution in [1.82, 2.24) is 0 Å². The maximum absolute atomic E-state index is 12.5. The maximum atomic E-state index is 12.5. The summed E-state index contributed by atoms with van der Waals surface area (Å²) in [5.41, 5.74) is 1.23. The molecule has 0 aliphatic rings. The highest BCUT2D eigenvalue weighted by Crippen LogP contribution is 2.44. The average Bonchev–Trinajstić information content (AvgIpc) is 3.05. The number of thiophene rings is 1. The Hall–Kier alpha value is -2.77. The Morgan fingerprint density at radius 3 is 2.48 bits per heavy atom. The van der Waals surface area contributed by atoms with Gasteiger partial charge in [0.05, 0.1) is 23.4 Å². The molecular formula is C21H20ClNO5S. The van der Waals surface area contributed by atoms with Crippen LogP contribution in [0.3, 0.4) is 0 Å². The number of carbonyl (C=O) groups is 2. The van der Waals surface area contributed by atoms with Crippen molar-refractivity contribution in [1.29, 1.82) is 0 Å². The molecule has 6 nitrogen and oxygen atoms in total. The maximum Gasteiger partial charge on any atom is 0.341 e. The first-order chi connectivity index (χ1) is 13.9. The van der Waals surface area contributed by atoms with Crippen LogP contribution in [0.1, 0.15) is 29.8 Å². The second-order valence-electron chi connectivity index (χ2n) is 6.10. The van der Waals surface area contributed by atoms with Crippen LogP contribution in [-0.4, -0.2) is 25.6 Å². The number of amides is 1. The average molecular weight is 434 g/mol. The van der Waals surface area contributed by atoms with Gasteiger partial charge in [-0.3, -0.25) is 4.79 Å². The first-order valence-corrected chi connectivity index (χ1v) is 10.1. The molecule has 0 aliphatic heterocycles. The zero-order valence-corrected chi connectivity index (χ0v) is 17.8. The molecule has 29 heavy (non-hydrogen) atoms. The van der Waals surface area contributed by atoms with Gasteiger partial charge in [0.2, 0.25) is 5.91 Å². The van der Waals surface area contributed by atoms with Crippen LogP contribution < -0.4 is 14.8 Å². The second-order valence-corrected chi connectivity index (χ2v) is 7.53. The van der Waals surface area contributed by atoms with Crippen LogP contribution in [0.4, 0.5) is 5.00 Å². The monoisotopic (exact) mass is 433 g/mol. The molecule has 3 rings (SSSR count). The molecular weight excluding hydrogens is 414 g/mol. The molecule has 0 radical (unpaired) electrons. The Morgan fingerprint density at radius 2 is 1.86 bits per heavy atom. The van der Waals surface area contributed by atoms with E-state index in [9.17, 15) is 9.59 Å². The minimum Gasteiger partial charge on any atom is -0.497 e. The molecule has 1 N–H and O–H groups in total. The van der Waals surface area contributed by atoms with Gasteiger partial charge in [-0.15, -0.1) is 11.3 Å². The summed E-state index contributed by atoms with van der Waals surface area (Å²) in [7, 11) is 1.61. The summed E-state index contributed by atoms with van der Waals surface area (Å²) in [5.74, 6) is 0.415. The van der Waals surface area contributed by atoms with Crippen molar-refractivity contribution in [2.75, 3.05) is 19.0 Å². The van der Waals surface area contributed by atoms with Crippen molar-refractivity contribution < 1.29 is 23.8 Å². The standard InChI is InChI=1S/C21H20ClNO5S/c1-4-27-21(25)17-15-9-10-16(22)18(19(15)29-20(17)23-12(2)24)28-11-13-5-7-14(26-3)8-6-13/h5-10H,4,11H2,1-3H3,(H,23,24). The number of methoxy groups -OCH3 is 1. The van der Waals surface area contributed by atoms with E-state index in [2.05, 4.69) is 5.32 Å². The van der Waals surface area contributed by atoms with Crippen LogP contribution in [0.15, 0.2) is 36.4 Å². The number of esters is 1. The lowest BCUT2D eigenvalue weighted by Gasteiger charge is -2.10. The van der Waals surface area contributed by atoms with Gasteiger partial charge >= 0.3 is 5.97 Å². The van der Waals surface area contributed by atoms with Gasteiger partial charge in [0.25, 0.3) is 0 Å². The number of rotatable bonds is 7. The van der Waals surface area contributed by atoms with Crippen molar-refractivity contribution >= 4 is 49.9 Å². The van der Waals surface area contributed by atoms with Gasteiger partial charge in [-0.2, -0.15) is 0 Å². The highest BCUT2D eigenvalue weighted by atomic mass is 35.5. The topological polar surface area (TPSA) is 73.9 Å². The lowest BCUT2D eigenvalue weighted by atomic mass is 10.1. The number of benzene rings is 2. The quantitative estimate of drug-likeness (QED) is 0.513. The van der Waals surface area contributed by atoms with Gasteiger partial charge in [0.15, 0.2) is 5.75 Å². The van der Waals surface area contributed by atoms with Crippen molar-refractivity contribution in [2.24, 2.45) is 0 Å². The van der Waals surface area contributed by atoms with E-state index in [1.165, 1.54) is 18.3 Å². The van der Waals surface area contributed by atoms with Gasteiger partial charge in [-0.25, -0.2) is 4.79 Å². The molecule has 3 aromatic rings. The fraction of sp³-hybridized carbons (Fsp3) is 0.238.